The van der Waals surface area contributed by atoms with Gasteiger partial charge in [0.05, 0.1) is 17.6 Å². The molecule has 0 saturated carbocycles. The summed E-state index contributed by atoms with van der Waals surface area (Å²) in [6.45, 7) is 5.02. The van der Waals surface area contributed by atoms with Gasteiger partial charge in [-0.3, -0.25) is 0 Å². The smallest absolute Gasteiger partial charge is 0.201 e. The maximum atomic E-state index is 6.03. The number of hydrogen-bond donors (Lipinski definition) is 1. The van der Waals surface area contributed by atoms with Crippen molar-refractivity contribution in [3.8, 4) is 0 Å². The molecule has 0 unspecified atom stereocenters. The molecular formula is C14H15N3S. The van der Waals surface area contributed by atoms with E-state index in [1.807, 2.05) is 6.07 Å². The van der Waals surface area contributed by atoms with Gasteiger partial charge in [-0.2, -0.15) is 0 Å². The van der Waals surface area contributed by atoms with Crippen LogP contribution in [0, 0.1) is 13.8 Å². The van der Waals surface area contributed by atoms with E-state index in [0.29, 0.717) is 5.95 Å². The minimum atomic E-state index is 0.586. The summed E-state index contributed by atoms with van der Waals surface area (Å²) in [6, 6.07) is 8.37. The van der Waals surface area contributed by atoms with E-state index in [2.05, 4.69) is 47.0 Å². The fourth-order valence-corrected chi connectivity index (χ4v) is 3.02. The number of thiophene rings is 1. The quantitative estimate of drug-likeness (QED) is 0.765. The molecular weight excluding hydrogens is 242 g/mol. The lowest BCUT2D eigenvalue weighted by molar-refractivity contribution is 0.847. The lowest BCUT2D eigenvalue weighted by Crippen LogP contribution is -2.04. The van der Waals surface area contributed by atoms with Crippen molar-refractivity contribution in [2.45, 2.75) is 20.4 Å². The number of aromatic nitrogens is 2. The predicted octanol–water partition coefficient (Wildman–Crippen LogP) is 3.35. The Morgan fingerprint density at radius 1 is 1.28 bits per heavy atom. The van der Waals surface area contributed by atoms with Crippen LogP contribution in [0.25, 0.3) is 11.0 Å². The highest BCUT2D eigenvalue weighted by Gasteiger charge is 2.10. The molecule has 4 heteroatoms. The number of anilines is 1. The van der Waals surface area contributed by atoms with E-state index in [-0.39, 0.29) is 0 Å². The van der Waals surface area contributed by atoms with Crippen molar-refractivity contribution in [3.63, 3.8) is 0 Å². The van der Waals surface area contributed by atoms with Gasteiger partial charge in [-0.1, -0.05) is 6.07 Å². The third-order valence-electron chi connectivity index (χ3n) is 3.20. The van der Waals surface area contributed by atoms with Crippen LogP contribution in [0.1, 0.15) is 16.0 Å². The fourth-order valence-electron chi connectivity index (χ4n) is 2.13. The summed E-state index contributed by atoms with van der Waals surface area (Å²) in [5, 5.41) is 2.12. The molecule has 1 aromatic carbocycles. The van der Waals surface area contributed by atoms with E-state index < -0.39 is 0 Å². The zero-order chi connectivity index (χ0) is 12.7. The normalized spacial score (nSPS) is 11.2. The first kappa shape index (κ1) is 11.3. The predicted molar refractivity (Wildman–Crippen MR) is 77.0 cm³/mol. The third-order valence-corrected chi connectivity index (χ3v) is 4.21. The molecule has 3 aromatic rings. The molecule has 92 valence electrons. The van der Waals surface area contributed by atoms with Gasteiger partial charge in [0.15, 0.2) is 0 Å². The summed E-state index contributed by atoms with van der Waals surface area (Å²) in [5.41, 5.74) is 10.6. The van der Waals surface area contributed by atoms with E-state index >= 15 is 0 Å². The van der Waals surface area contributed by atoms with Crippen molar-refractivity contribution < 1.29 is 0 Å². The molecule has 0 atom stereocenters. The van der Waals surface area contributed by atoms with Gasteiger partial charge in [0, 0.05) is 4.88 Å². The Morgan fingerprint density at radius 2 is 2.11 bits per heavy atom. The second-order valence-corrected chi connectivity index (χ2v) is 5.58. The molecule has 0 aliphatic carbocycles. The average Bonchev–Trinajstić information content (AvgIpc) is 2.86. The topological polar surface area (TPSA) is 43.8 Å². The van der Waals surface area contributed by atoms with Crippen LogP contribution in [-0.2, 0) is 6.54 Å². The SMILES string of the molecule is Cc1ccc2nc(N)n(Cc3sccc3C)c2c1. The highest BCUT2D eigenvalue weighted by Crippen LogP contribution is 2.23. The summed E-state index contributed by atoms with van der Waals surface area (Å²) in [6.07, 6.45) is 0. The second kappa shape index (κ2) is 4.14. The number of nitrogens with two attached hydrogens (primary N) is 1. The van der Waals surface area contributed by atoms with Crippen LogP contribution in [0.15, 0.2) is 29.6 Å². The lowest BCUT2D eigenvalue weighted by atomic mass is 10.2. The highest BCUT2D eigenvalue weighted by atomic mass is 32.1. The Morgan fingerprint density at radius 3 is 2.83 bits per heavy atom. The molecule has 0 bridgehead atoms. The Labute approximate surface area is 110 Å². The molecule has 0 aliphatic heterocycles. The Bertz CT molecular complexity index is 709. The van der Waals surface area contributed by atoms with Gasteiger partial charge < -0.3 is 10.3 Å². The molecule has 3 rings (SSSR count). The number of nitrogens with zero attached hydrogens (tertiary/aromatic N) is 2. The molecule has 0 radical (unpaired) electrons. The Hall–Kier alpha value is -1.81. The fraction of sp³-hybridized carbons (Fsp3) is 0.214. The molecule has 2 N–H and O–H groups in total. The largest absolute Gasteiger partial charge is 0.369 e. The van der Waals surface area contributed by atoms with Gasteiger partial charge in [-0.25, -0.2) is 4.98 Å². The van der Waals surface area contributed by atoms with Crippen LogP contribution in [0.2, 0.25) is 0 Å². The van der Waals surface area contributed by atoms with Gasteiger partial charge in [0.1, 0.15) is 0 Å². The first-order valence-electron chi connectivity index (χ1n) is 5.90. The van der Waals surface area contributed by atoms with Crippen molar-refractivity contribution in [3.05, 3.63) is 45.6 Å². The second-order valence-electron chi connectivity index (χ2n) is 4.58. The maximum Gasteiger partial charge on any atom is 0.201 e. The van der Waals surface area contributed by atoms with Crippen molar-refractivity contribution in [1.29, 1.82) is 0 Å². The first-order valence-corrected chi connectivity index (χ1v) is 6.78. The monoisotopic (exact) mass is 257 g/mol. The molecule has 0 fully saturated rings. The molecule has 0 aliphatic rings. The summed E-state index contributed by atoms with van der Waals surface area (Å²) >= 11 is 1.77. The number of nitrogen functional groups attached to an aromatic ring is 1. The van der Waals surface area contributed by atoms with Crippen LogP contribution >= 0.6 is 11.3 Å². The van der Waals surface area contributed by atoms with E-state index in [1.54, 1.807) is 11.3 Å². The summed E-state index contributed by atoms with van der Waals surface area (Å²) < 4.78 is 2.08. The molecule has 0 saturated heterocycles. The van der Waals surface area contributed by atoms with Crippen LogP contribution < -0.4 is 5.73 Å². The molecule has 0 amide bonds. The van der Waals surface area contributed by atoms with Crippen molar-refractivity contribution in [2.24, 2.45) is 0 Å². The third kappa shape index (κ3) is 1.78. The van der Waals surface area contributed by atoms with Crippen LogP contribution in [-0.4, -0.2) is 9.55 Å². The van der Waals surface area contributed by atoms with E-state index in [1.165, 1.54) is 16.0 Å². The molecule has 18 heavy (non-hydrogen) atoms. The van der Waals surface area contributed by atoms with Crippen LogP contribution in [0.5, 0.6) is 0 Å². The van der Waals surface area contributed by atoms with Gasteiger partial charge >= 0.3 is 0 Å². The number of imidazole rings is 1. The molecule has 3 nitrogen and oxygen atoms in total. The zero-order valence-corrected chi connectivity index (χ0v) is 11.3. The number of benzene rings is 1. The van der Waals surface area contributed by atoms with Crippen molar-refractivity contribution >= 4 is 28.3 Å². The summed E-state index contributed by atoms with van der Waals surface area (Å²) in [4.78, 5) is 5.75. The van der Waals surface area contributed by atoms with Gasteiger partial charge in [-0.15, -0.1) is 11.3 Å². The average molecular weight is 257 g/mol. The number of rotatable bonds is 2. The van der Waals surface area contributed by atoms with E-state index in [9.17, 15) is 0 Å². The van der Waals surface area contributed by atoms with Gasteiger partial charge in [0.2, 0.25) is 5.95 Å². The number of fused-ring (bicyclic) bond motifs is 1. The molecule has 2 aromatic heterocycles. The van der Waals surface area contributed by atoms with E-state index in [0.717, 1.165) is 17.6 Å². The van der Waals surface area contributed by atoms with Gasteiger partial charge in [-0.05, 0) is 48.6 Å². The zero-order valence-electron chi connectivity index (χ0n) is 10.5. The standard InChI is InChI=1S/C14H15N3S/c1-9-3-4-11-12(7-9)17(14(15)16-11)8-13-10(2)5-6-18-13/h3-7H,8H2,1-2H3,(H2,15,16). The van der Waals surface area contributed by atoms with Crippen molar-refractivity contribution in [2.75, 3.05) is 5.73 Å². The maximum absolute atomic E-state index is 6.03. The Balaban J connectivity index is 2.13. The first-order chi connectivity index (χ1) is 8.65. The Kier molecular flexibility index (Phi) is 2.59. The van der Waals surface area contributed by atoms with Crippen molar-refractivity contribution in [1.82, 2.24) is 9.55 Å². The summed E-state index contributed by atoms with van der Waals surface area (Å²) in [7, 11) is 0. The van der Waals surface area contributed by atoms with Crippen LogP contribution in [0.3, 0.4) is 0 Å². The van der Waals surface area contributed by atoms with E-state index in [4.69, 9.17) is 5.73 Å². The minimum Gasteiger partial charge on any atom is -0.369 e. The minimum absolute atomic E-state index is 0.586. The van der Waals surface area contributed by atoms with Crippen LogP contribution in [0.4, 0.5) is 5.95 Å². The summed E-state index contributed by atoms with van der Waals surface area (Å²) in [5.74, 6) is 0.586. The highest BCUT2D eigenvalue weighted by molar-refractivity contribution is 7.10. The lowest BCUT2D eigenvalue weighted by Gasteiger charge is -2.06. The molecule has 2 heterocycles. The number of hydrogen-bond acceptors (Lipinski definition) is 3. The molecule has 0 spiro atoms. The number of aryl methyl sites for hydroxylation is 2. The van der Waals surface area contributed by atoms with Gasteiger partial charge in [0.25, 0.3) is 0 Å².